The van der Waals surface area contributed by atoms with Gasteiger partial charge in [0.15, 0.2) is 0 Å². The molecule has 7 nitrogen and oxygen atoms in total. The molecule has 24 heavy (non-hydrogen) atoms. The van der Waals surface area contributed by atoms with Gasteiger partial charge in [0.1, 0.15) is 4.21 Å². The number of thiophene rings is 1. The number of amides is 1. The summed E-state index contributed by atoms with van der Waals surface area (Å²) in [4.78, 5) is 15.6. The second kappa shape index (κ2) is 7.04. The summed E-state index contributed by atoms with van der Waals surface area (Å²) in [5.41, 5.74) is 0.903. The summed E-state index contributed by atoms with van der Waals surface area (Å²) >= 11 is 2.75. The van der Waals surface area contributed by atoms with Gasteiger partial charge < -0.3 is 9.21 Å². The van der Waals surface area contributed by atoms with Gasteiger partial charge in [-0.2, -0.15) is 0 Å². The molecule has 2 aliphatic heterocycles. The zero-order chi connectivity index (χ0) is 17.3. The summed E-state index contributed by atoms with van der Waals surface area (Å²) in [5.74, 6) is 0.139. The number of nitrogens with zero attached hydrogens (tertiary/aromatic N) is 3. The molecule has 0 bridgehead atoms. The van der Waals surface area contributed by atoms with Crippen molar-refractivity contribution in [3.05, 3.63) is 17.8 Å². The molecule has 1 aromatic heterocycles. The molecule has 0 atom stereocenters. The van der Waals surface area contributed by atoms with Gasteiger partial charge in [-0.05, 0) is 24.1 Å². The van der Waals surface area contributed by atoms with Crippen molar-refractivity contribution in [3.8, 4) is 0 Å². The van der Waals surface area contributed by atoms with Gasteiger partial charge in [-0.1, -0.05) is 0 Å². The van der Waals surface area contributed by atoms with Gasteiger partial charge in [-0.3, -0.25) is 9.69 Å². The van der Waals surface area contributed by atoms with Gasteiger partial charge in [0, 0.05) is 58.0 Å². The van der Waals surface area contributed by atoms with E-state index in [1.807, 2.05) is 17.2 Å². The zero-order valence-corrected chi connectivity index (χ0v) is 15.8. The first-order chi connectivity index (χ1) is 11.3. The minimum atomic E-state index is -3.64. The van der Waals surface area contributed by atoms with Crippen molar-refractivity contribution in [2.75, 3.05) is 39.3 Å². The zero-order valence-electron chi connectivity index (χ0n) is 13.3. The van der Waals surface area contributed by atoms with E-state index in [9.17, 15) is 13.2 Å². The fraction of sp³-hybridized carbons (Fsp3) is 0.500. The van der Waals surface area contributed by atoms with Crippen LogP contribution in [0.25, 0.3) is 6.08 Å². The topological polar surface area (TPSA) is 86.9 Å². The van der Waals surface area contributed by atoms with E-state index in [1.54, 1.807) is 24.9 Å². The minimum absolute atomic E-state index is 0.139. The summed E-state index contributed by atoms with van der Waals surface area (Å²) in [7, 11) is -3.64. The average molecular weight is 389 g/mol. The monoisotopic (exact) mass is 388 g/mol. The maximum Gasteiger partial charge on any atom is 0.247 e. The van der Waals surface area contributed by atoms with Crippen LogP contribution in [0, 0.1) is 0 Å². The number of carbonyl (C=O) groups is 1. The Hall–Kier alpha value is -1.07. The highest BCUT2D eigenvalue weighted by Crippen LogP contribution is 2.39. The molecule has 2 N–H and O–H groups in total. The number of hydrogen-bond acceptors (Lipinski definition) is 7. The Morgan fingerprint density at radius 1 is 1.25 bits per heavy atom. The summed E-state index contributed by atoms with van der Waals surface area (Å²) in [5, 5.41) is 5.19. The first-order valence-corrected chi connectivity index (χ1v) is 10.7. The number of hydrogen-bond donors (Lipinski definition) is 1. The van der Waals surface area contributed by atoms with Crippen molar-refractivity contribution in [1.29, 1.82) is 0 Å². The van der Waals surface area contributed by atoms with Gasteiger partial charge in [-0.15, -0.1) is 11.3 Å². The van der Waals surface area contributed by atoms with Crippen molar-refractivity contribution in [3.63, 3.8) is 0 Å². The van der Waals surface area contributed by atoms with Crippen LogP contribution in [0.4, 0.5) is 0 Å². The molecule has 0 aromatic carbocycles. The number of piperazine rings is 1. The van der Waals surface area contributed by atoms with Crippen molar-refractivity contribution in [2.24, 2.45) is 5.14 Å². The highest BCUT2D eigenvalue weighted by molar-refractivity contribution is 7.99. The Morgan fingerprint density at radius 2 is 1.96 bits per heavy atom. The normalized spacial score (nSPS) is 18.8. The maximum atomic E-state index is 11.4. The Bertz CT molecular complexity index is 751. The molecular weight excluding hydrogens is 368 g/mol. The lowest BCUT2D eigenvalue weighted by Gasteiger charge is -2.35. The summed E-state index contributed by atoms with van der Waals surface area (Å²) < 4.78 is 26.1. The quantitative estimate of drug-likeness (QED) is 0.770. The Morgan fingerprint density at radius 3 is 2.58 bits per heavy atom. The number of sulfonamides is 1. The number of fused-ring (bicyclic) bond motifs is 1. The minimum Gasteiger partial charge on any atom is -0.340 e. The summed E-state index contributed by atoms with van der Waals surface area (Å²) in [6.45, 7) is 6.70. The smallest absolute Gasteiger partial charge is 0.247 e. The van der Waals surface area contributed by atoms with E-state index in [0.29, 0.717) is 0 Å². The van der Waals surface area contributed by atoms with Crippen LogP contribution in [0.15, 0.2) is 20.7 Å². The first kappa shape index (κ1) is 17.7. The molecule has 1 saturated heterocycles. The number of carbonyl (C=O) groups excluding carboxylic acids is 1. The van der Waals surface area contributed by atoms with E-state index >= 15 is 0 Å². The molecule has 1 fully saturated rings. The largest absolute Gasteiger partial charge is 0.340 e. The van der Waals surface area contributed by atoms with E-state index in [-0.39, 0.29) is 10.1 Å². The average Bonchev–Trinajstić information content (AvgIpc) is 2.97. The Labute approximate surface area is 150 Å². The number of rotatable bonds is 4. The SMILES string of the molecule is CC(=O)N1CCN(CCN2C=Cc3cc(S(N)(=O)=O)sc3S2)CC1. The van der Waals surface area contributed by atoms with E-state index in [1.165, 1.54) is 11.3 Å². The fourth-order valence-corrected chi connectivity index (χ4v) is 5.86. The lowest BCUT2D eigenvalue weighted by molar-refractivity contribution is -0.130. The second-order valence-corrected chi connectivity index (χ2v) is 9.91. The molecule has 3 heterocycles. The van der Waals surface area contributed by atoms with Crippen molar-refractivity contribution < 1.29 is 13.2 Å². The van der Waals surface area contributed by atoms with E-state index < -0.39 is 10.0 Å². The Kier molecular flexibility index (Phi) is 5.21. The maximum absolute atomic E-state index is 11.4. The van der Waals surface area contributed by atoms with Crippen molar-refractivity contribution in [1.82, 2.24) is 14.1 Å². The molecule has 2 aliphatic rings. The molecule has 0 spiro atoms. The first-order valence-electron chi connectivity index (χ1n) is 7.60. The number of primary sulfonamides is 1. The van der Waals surface area contributed by atoms with Crippen molar-refractivity contribution >= 4 is 45.3 Å². The van der Waals surface area contributed by atoms with E-state index in [2.05, 4.69) is 9.21 Å². The van der Waals surface area contributed by atoms with Crippen LogP contribution >= 0.6 is 23.3 Å². The lowest BCUT2D eigenvalue weighted by atomic mass is 10.3. The summed E-state index contributed by atoms with van der Waals surface area (Å²) in [6.07, 6.45) is 3.89. The highest BCUT2D eigenvalue weighted by Gasteiger charge is 2.22. The molecule has 1 aromatic rings. The van der Waals surface area contributed by atoms with Crippen LogP contribution in [0.3, 0.4) is 0 Å². The van der Waals surface area contributed by atoms with Gasteiger partial charge in [-0.25, -0.2) is 13.6 Å². The third kappa shape index (κ3) is 4.12. The molecule has 0 aliphatic carbocycles. The van der Waals surface area contributed by atoms with Crippen LogP contribution in [-0.4, -0.2) is 67.7 Å². The van der Waals surface area contributed by atoms with Crippen LogP contribution in [-0.2, 0) is 14.8 Å². The molecule has 3 rings (SSSR count). The summed E-state index contributed by atoms with van der Waals surface area (Å²) in [6, 6.07) is 1.62. The van der Waals surface area contributed by atoms with Gasteiger partial charge in [0.05, 0.1) is 4.21 Å². The molecule has 0 radical (unpaired) electrons. The van der Waals surface area contributed by atoms with Crippen LogP contribution in [0.2, 0.25) is 0 Å². The molecule has 1 amide bonds. The van der Waals surface area contributed by atoms with E-state index in [0.717, 1.165) is 49.0 Å². The van der Waals surface area contributed by atoms with Crippen molar-refractivity contribution in [2.45, 2.75) is 15.3 Å². The van der Waals surface area contributed by atoms with E-state index in [4.69, 9.17) is 5.14 Å². The number of nitrogens with two attached hydrogens (primary N) is 1. The predicted octanol–water partition coefficient (Wildman–Crippen LogP) is 0.853. The molecule has 10 heteroatoms. The van der Waals surface area contributed by atoms with Gasteiger partial charge in [0.2, 0.25) is 15.9 Å². The van der Waals surface area contributed by atoms with Gasteiger partial charge >= 0.3 is 0 Å². The molecule has 0 unspecified atom stereocenters. The second-order valence-electron chi connectivity index (χ2n) is 5.75. The van der Waals surface area contributed by atoms with Crippen LogP contribution < -0.4 is 5.14 Å². The third-order valence-corrected chi connectivity index (χ3v) is 7.84. The van der Waals surface area contributed by atoms with Crippen LogP contribution in [0.1, 0.15) is 12.5 Å². The van der Waals surface area contributed by atoms with Gasteiger partial charge in [0.25, 0.3) is 0 Å². The predicted molar refractivity (Wildman–Crippen MR) is 96.0 cm³/mol. The van der Waals surface area contributed by atoms with Crippen LogP contribution in [0.5, 0.6) is 0 Å². The fourth-order valence-electron chi connectivity index (χ4n) is 2.64. The standard InChI is InChI=1S/C14H20N4O3S3/c1-11(19)17-7-4-16(5-8-17)6-9-18-3-2-12-10-13(24(15,20)21)22-14(12)23-18/h2-3,10H,4-9H2,1H3,(H2,15,20,21). The Balaban J connectivity index is 1.52. The molecule has 132 valence electrons. The molecule has 0 saturated carbocycles. The molecular formula is C14H20N4O3S3. The third-order valence-electron chi connectivity index (χ3n) is 4.06. The highest BCUT2D eigenvalue weighted by atomic mass is 32.3. The lowest BCUT2D eigenvalue weighted by Crippen LogP contribution is -2.49.